The number of primary amides is 1. The van der Waals surface area contributed by atoms with Crippen LogP contribution in [-0.2, 0) is 11.2 Å². The van der Waals surface area contributed by atoms with E-state index < -0.39 is 28.7 Å². The summed E-state index contributed by atoms with van der Waals surface area (Å²) in [6, 6.07) is 8.47. The third-order valence-electron chi connectivity index (χ3n) is 3.51. The maximum absolute atomic E-state index is 12.6. The minimum absolute atomic E-state index is 0.213. The van der Waals surface area contributed by atoms with Gasteiger partial charge in [0, 0.05) is 12.1 Å². The first-order valence-corrected chi connectivity index (χ1v) is 6.44. The van der Waals surface area contributed by atoms with E-state index in [9.17, 15) is 19.7 Å². The number of carbonyl (C=O) groups is 2. The van der Waals surface area contributed by atoms with Crippen LogP contribution in [-0.4, -0.2) is 22.8 Å². The van der Waals surface area contributed by atoms with Gasteiger partial charge in [0.05, 0.1) is 6.07 Å². The lowest BCUT2D eigenvalue weighted by Gasteiger charge is -2.21. The number of furan rings is 1. The molecule has 3 rings (SSSR count). The highest BCUT2D eigenvalue weighted by Crippen LogP contribution is 2.33. The van der Waals surface area contributed by atoms with E-state index in [4.69, 9.17) is 10.2 Å². The van der Waals surface area contributed by atoms with E-state index in [0.717, 1.165) is 11.6 Å². The van der Waals surface area contributed by atoms with Crippen molar-refractivity contribution >= 4 is 23.4 Å². The Labute approximate surface area is 124 Å². The van der Waals surface area contributed by atoms with Crippen LogP contribution >= 0.6 is 0 Å². The van der Waals surface area contributed by atoms with Crippen LogP contribution in [0.15, 0.2) is 40.8 Å². The van der Waals surface area contributed by atoms with Gasteiger partial charge in [-0.05, 0) is 17.7 Å². The predicted octanol–water partition coefficient (Wildman–Crippen LogP) is 1.24. The van der Waals surface area contributed by atoms with Crippen LogP contribution < -0.4 is 10.6 Å². The van der Waals surface area contributed by atoms with Gasteiger partial charge in [-0.3, -0.25) is 24.6 Å². The lowest BCUT2D eigenvalue weighted by molar-refractivity contribution is -0.402. The molecule has 1 aliphatic rings. The topological polar surface area (TPSA) is 120 Å². The SMILES string of the molecule is NC(=O)[C@H]1Cc2ccccc2N1C(=O)c1ccc([N+](=O)[O-])o1. The number of hydrogen-bond donors (Lipinski definition) is 1. The number of carbonyl (C=O) groups excluding carboxylic acids is 2. The largest absolute Gasteiger partial charge is 0.433 e. The van der Waals surface area contributed by atoms with Gasteiger partial charge in [0.1, 0.15) is 11.0 Å². The van der Waals surface area contributed by atoms with Crippen molar-refractivity contribution in [2.24, 2.45) is 5.73 Å². The van der Waals surface area contributed by atoms with Gasteiger partial charge in [-0.25, -0.2) is 0 Å². The monoisotopic (exact) mass is 301 g/mol. The fraction of sp³-hybridized carbons (Fsp3) is 0.143. The molecule has 1 aromatic carbocycles. The van der Waals surface area contributed by atoms with Crippen LogP contribution in [0.25, 0.3) is 0 Å². The van der Waals surface area contributed by atoms with Crippen molar-refractivity contribution in [2.75, 3.05) is 4.90 Å². The summed E-state index contributed by atoms with van der Waals surface area (Å²) in [5.41, 5.74) is 6.72. The summed E-state index contributed by atoms with van der Waals surface area (Å²) in [4.78, 5) is 35.3. The Bertz CT molecular complexity index is 782. The number of benzene rings is 1. The van der Waals surface area contributed by atoms with Crippen LogP contribution in [0.3, 0.4) is 0 Å². The first-order valence-electron chi connectivity index (χ1n) is 6.44. The standard InChI is InChI=1S/C14H11N3O5/c15-13(18)10-7-8-3-1-2-4-9(8)16(10)14(19)11-5-6-12(22-11)17(20)21/h1-6,10H,7H2,(H2,15,18)/t10-/m1/s1. The van der Waals surface area contributed by atoms with E-state index in [0.29, 0.717) is 12.1 Å². The molecule has 0 bridgehead atoms. The van der Waals surface area contributed by atoms with Crippen molar-refractivity contribution in [2.45, 2.75) is 12.5 Å². The number of fused-ring (bicyclic) bond motifs is 1. The van der Waals surface area contributed by atoms with E-state index >= 15 is 0 Å². The molecule has 0 saturated carbocycles. The Balaban J connectivity index is 2.01. The van der Waals surface area contributed by atoms with Crippen LogP contribution in [0.1, 0.15) is 16.1 Å². The van der Waals surface area contributed by atoms with Crippen LogP contribution in [0.5, 0.6) is 0 Å². The molecule has 112 valence electrons. The minimum atomic E-state index is -0.839. The molecule has 1 aliphatic heterocycles. The van der Waals surface area contributed by atoms with Gasteiger partial charge < -0.3 is 10.2 Å². The van der Waals surface area contributed by atoms with Crippen molar-refractivity contribution in [1.29, 1.82) is 0 Å². The quantitative estimate of drug-likeness (QED) is 0.675. The summed E-state index contributed by atoms with van der Waals surface area (Å²) in [6.45, 7) is 0. The number of para-hydroxylation sites is 1. The molecule has 0 spiro atoms. The van der Waals surface area contributed by atoms with Gasteiger partial charge in [0.2, 0.25) is 5.91 Å². The second kappa shape index (κ2) is 4.99. The maximum atomic E-state index is 12.6. The fourth-order valence-corrected chi connectivity index (χ4v) is 2.52. The Morgan fingerprint density at radius 3 is 2.64 bits per heavy atom. The highest BCUT2D eigenvalue weighted by Gasteiger charge is 2.38. The van der Waals surface area contributed by atoms with Crippen LogP contribution in [0, 0.1) is 10.1 Å². The number of anilines is 1. The number of nitro groups is 1. The van der Waals surface area contributed by atoms with Crippen LogP contribution in [0.2, 0.25) is 0 Å². The van der Waals surface area contributed by atoms with Crippen molar-refractivity contribution in [3.8, 4) is 0 Å². The van der Waals surface area contributed by atoms with Crippen LogP contribution in [0.4, 0.5) is 11.6 Å². The number of nitrogens with two attached hydrogens (primary N) is 1. The number of nitrogens with zero attached hydrogens (tertiary/aromatic N) is 2. The summed E-state index contributed by atoms with van der Waals surface area (Å²) < 4.78 is 4.92. The highest BCUT2D eigenvalue weighted by atomic mass is 16.6. The highest BCUT2D eigenvalue weighted by molar-refractivity contribution is 6.10. The van der Waals surface area contributed by atoms with E-state index in [1.807, 2.05) is 0 Å². The zero-order valence-electron chi connectivity index (χ0n) is 11.3. The summed E-state index contributed by atoms with van der Waals surface area (Å²) in [5.74, 6) is -2.03. The first kappa shape index (κ1) is 13.8. The summed E-state index contributed by atoms with van der Waals surface area (Å²) in [7, 11) is 0. The van der Waals surface area contributed by atoms with Crippen molar-refractivity contribution in [3.63, 3.8) is 0 Å². The normalized spacial score (nSPS) is 16.4. The molecule has 1 atom stereocenters. The number of amides is 2. The third-order valence-corrected chi connectivity index (χ3v) is 3.51. The van der Waals surface area contributed by atoms with Gasteiger partial charge in [0.15, 0.2) is 5.76 Å². The van der Waals surface area contributed by atoms with Gasteiger partial charge in [0.25, 0.3) is 5.91 Å². The van der Waals surface area contributed by atoms with Gasteiger partial charge >= 0.3 is 5.88 Å². The van der Waals surface area contributed by atoms with Gasteiger partial charge in [-0.2, -0.15) is 0 Å². The van der Waals surface area contributed by atoms with Gasteiger partial charge in [-0.15, -0.1) is 0 Å². The van der Waals surface area contributed by atoms with Crippen molar-refractivity contribution in [3.05, 3.63) is 57.8 Å². The van der Waals surface area contributed by atoms with E-state index in [1.54, 1.807) is 24.3 Å². The zero-order valence-corrected chi connectivity index (χ0v) is 11.3. The van der Waals surface area contributed by atoms with E-state index in [-0.39, 0.29) is 5.76 Å². The van der Waals surface area contributed by atoms with Crippen molar-refractivity contribution in [1.82, 2.24) is 0 Å². The Hall–Kier alpha value is -3.16. The molecule has 0 fully saturated rings. The third kappa shape index (κ3) is 2.10. The lowest BCUT2D eigenvalue weighted by atomic mass is 10.1. The number of hydrogen-bond acceptors (Lipinski definition) is 5. The molecule has 0 unspecified atom stereocenters. The molecule has 2 heterocycles. The molecule has 8 heteroatoms. The molecule has 22 heavy (non-hydrogen) atoms. The van der Waals surface area contributed by atoms with E-state index in [2.05, 4.69) is 0 Å². The smallest absolute Gasteiger partial charge is 0.395 e. The van der Waals surface area contributed by atoms with Gasteiger partial charge in [-0.1, -0.05) is 18.2 Å². The average molecular weight is 301 g/mol. The summed E-state index contributed by atoms with van der Waals surface area (Å²) >= 11 is 0. The molecule has 0 saturated heterocycles. The predicted molar refractivity (Wildman–Crippen MR) is 75.3 cm³/mol. The summed E-state index contributed by atoms with van der Waals surface area (Å²) in [6.07, 6.45) is 0.306. The molecule has 2 aromatic rings. The molecule has 2 amide bonds. The molecule has 1 aromatic heterocycles. The fourth-order valence-electron chi connectivity index (χ4n) is 2.52. The molecule has 0 radical (unpaired) electrons. The molecule has 8 nitrogen and oxygen atoms in total. The molecule has 0 aliphatic carbocycles. The van der Waals surface area contributed by atoms with Crippen molar-refractivity contribution < 1.29 is 18.9 Å². The Morgan fingerprint density at radius 2 is 2.00 bits per heavy atom. The average Bonchev–Trinajstić information content (AvgIpc) is 3.11. The second-order valence-electron chi connectivity index (χ2n) is 4.82. The molecule has 2 N–H and O–H groups in total. The second-order valence-corrected chi connectivity index (χ2v) is 4.82. The summed E-state index contributed by atoms with van der Waals surface area (Å²) in [5, 5.41) is 10.6. The van der Waals surface area contributed by atoms with E-state index in [1.165, 1.54) is 11.0 Å². The zero-order chi connectivity index (χ0) is 15.9. The molecular weight excluding hydrogens is 290 g/mol. The Morgan fingerprint density at radius 1 is 1.27 bits per heavy atom. The maximum Gasteiger partial charge on any atom is 0.433 e. The number of rotatable bonds is 3. The Kier molecular flexibility index (Phi) is 3.13. The minimum Gasteiger partial charge on any atom is -0.395 e. The first-order chi connectivity index (χ1) is 10.5. The molecular formula is C14H11N3O5. The lowest BCUT2D eigenvalue weighted by Crippen LogP contribution is -2.46.